The molecule has 0 radical (unpaired) electrons. The van der Waals surface area contributed by atoms with Crippen LogP contribution in [0.15, 0.2) is 33.0 Å². The molecule has 0 saturated heterocycles. The minimum atomic E-state index is -3.89. The van der Waals surface area contributed by atoms with Gasteiger partial charge in [0.25, 0.3) is 5.56 Å². The van der Waals surface area contributed by atoms with Gasteiger partial charge >= 0.3 is 0 Å². The molecule has 172 valence electrons. The van der Waals surface area contributed by atoms with Crippen LogP contribution in [0.2, 0.25) is 0 Å². The maximum Gasteiger partial charge on any atom is 0.263 e. The van der Waals surface area contributed by atoms with Crippen LogP contribution < -0.4 is 16.0 Å². The molecule has 2 aromatic heterocycles. The number of carbonyl (C=O) groups is 1. The lowest BCUT2D eigenvalue weighted by Gasteiger charge is -2.12. The third kappa shape index (κ3) is 5.22. The zero-order valence-electron chi connectivity index (χ0n) is 18.4. The van der Waals surface area contributed by atoms with E-state index in [-0.39, 0.29) is 22.1 Å². The number of carbonyl (C=O) groups excluding carboxylic acids is 1. The van der Waals surface area contributed by atoms with Gasteiger partial charge in [-0.05, 0) is 50.5 Å². The number of unbranched alkanes of at least 4 members (excludes halogenated alkanes) is 1. The Morgan fingerprint density at radius 3 is 2.66 bits per heavy atom. The first-order valence-corrected chi connectivity index (χ1v) is 13.4. The molecule has 0 aliphatic heterocycles. The van der Waals surface area contributed by atoms with Crippen molar-refractivity contribution in [1.82, 2.24) is 9.55 Å². The number of fused-ring (bicyclic) bond motifs is 1. The Morgan fingerprint density at radius 2 is 2.00 bits per heavy atom. The van der Waals surface area contributed by atoms with Crippen LogP contribution in [0.3, 0.4) is 0 Å². The Kier molecular flexibility index (Phi) is 7.43. The topological polar surface area (TPSA) is 124 Å². The molecule has 0 saturated carbocycles. The minimum absolute atomic E-state index is 0.0198. The predicted molar refractivity (Wildman–Crippen MR) is 130 cm³/mol. The number of rotatable bonds is 8. The zero-order chi connectivity index (χ0) is 23.6. The molecule has 0 aliphatic rings. The first kappa shape index (κ1) is 24.4. The zero-order valence-corrected chi connectivity index (χ0v) is 20.8. The van der Waals surface area contributed by atoms with Crippen LogP contribution in [0, 0.1) is 20.8 Å². The Hall–Kier alpha value is -2.21. The van der Waals surface area contributed by atoms with Crippen LogP contribution in [-0.4, -0.2) is 29.6 Å². The normalized spacial score (nSPS) is 11.8. The van der Waals surface area contributed by atoms with Gasteiger partial charge in [-0.15, -0.1) is 11.3 Å². The average molecular weight is 495 g/mol. The molecule has 3 rings (SSSR count). The standard InChI is InChI=1S/C21H26N4O4S3/c1-5-6-9-25-20(27)18-13(3)14(4)31-19(18)24-21(25)30-11-17(26)23-15-8-7-12(2)16(10-15)32(22,28)29/h7-8,10H,5-6,9,11H2,1-4H3,(H,23,26)(H2,22,28,29). The van der Waals surface area contributed by atoms with Crippen molar-refractivity contribution in [2.24, 2.45) is 5.14 Å². The molecule has 0 aliphatic carbocycles. The number of anilines is 1. The largest absolute Gasteiger partial charge is 0.325 e. The highest BCUT2D eigenvalue weighted by atomic mass is 32.2. The van der Waals surface area contributed by atoms with Gasteiger partial charge in [0.15, 0.2) is 5.16 Å². The number of nitrogens with one attached hydrogen (secondary N) is 1. The monoisotopic (exact) mass is 494 g/mol. The van der Waals surface area contributed by atoms with Crippen molar-refractivity contribution >= 4 is 54.9 Å². The second-order valence-corrected chi connectivity index (χ2v) is 11.2. The second-order valence-electron chi connectivity index (χ2n) is 7.53. The average Bonchev–Trinajstić information content (AvgIpc) is 3.00. The molecule has 3 aromatic rings. The van der Waals surface area contributed by atoms with Gasteiger partial charge in [-0.1, -0.05) is 31.2 Å². The minimum Gasteiger partial charge on any atom is -0.325 e. The molecule has 0 bridgehead atoms. The van der Waals surface area contributed by atoms with E-state index < -0.39 is 10.0 Å². The van der Waals surface area contributed by atoms with Gasteiger partial charge in [-0.2, -0.15) is 0 Å². The molecule has 2 heterocycles. The number of hydrogen-bond donors (Lipinski definition) is 2. The SMILES string of the molecule is CCCCn1c(SCC(=O)Nc2ccc(C)c(S(N)(=O)=O)c2)nc2sc(C)c(C)c2c1=O. The maximum absolute atomic E-state index is 13.1. The molecule has 1 amide bonds. The van der Waals surface area contributed by atoms with Gasteiger partial charge in [0.1, 0.15) is 4.83 Å². The Labute approximate surface area is 195 Å². The van der Waals surface area contributed by atoms with Gasteiger partial charge in [-0.25, -0.2) is 18.5 Å². The number of nitrogens with two attached hydrogens (primary N) is 1. The quantitative estimate of drug-likeness (QED) is 0.364. The maximum atomic E-state index is 13.1. The number of thioether (sulfide) groups is 1. The lowest BCUT2D eigenvalue weighted by atomic mass is 10.2. The molecule has 0 fully saturated rings. The molecule has 0 spiro atoms. The van der Waals surface area contributed by atoms with E-state index in [1.807, 2.05) is 13.8 Å². The highest BCUT2D eigenvalue weighted by molar-refractivity contribution is 7.99. The van der Waals surface area contributed by atoms with Crippen LogP contribution >= 0.6 is 23.1 Å². The van der Waals surface area contributed by atoms with E-state index in [4.69, 9.17) is 5.14 Å². The van der Waals surface area contributed by atoms with Crippen molar-refractivity contribution in [1.29, 1.82) is 0 Å². The highest BCUT2D eigenvalue weighted by Gasteiger charge is 2.18. The Balaban J connectivity index is 1.84. The molecule has 0 atom stereocenters. The lowest BCUT2D eigenvalue weighted by Crippen LogP contribution is -2.24. The number of benzene rings is 1. The van der Waals surface area contributed by atoms with Crippen molar-refractivity contribution < 1.29 is 13.2 Å². The number of hydrogen-bond acceptors (Lipinski definition) is 7. The van der Waals surface area contributed by atoms with E-state index >= 15 is 0 Å². The van der Waals surface area contributed by atoms with Gasteiger partial charge in [0.2, 0.25) is 15.9 Å². The number of sulfonamides is 1. The van der Waals surface area contributed by atoms with Crippen molar-refractivity contribution in [3.8, 4) is 0 Å². The lowest BCUT2D eigenvalue weighted by molar-refractivity contribution is -0.113. The molecular formula is C21H26N4O4S3. The Bertz CT molecular complexity index is 1340. The fraction of sp³-hybridized carbons (Fsp3) is 0.381. The summed E-state index contributed by atoms with van der Waals surface area (Å²) in [6.45, 7) is 8.11. The van der Waals surface area contributed by atoms with E-state index in [0.29, 0.717) is 33.2 Å². The van der Waals surface area contributed by atoms with Crippen LogP contribution in [-0.2, 0) is 21.4 Å². The van der Waals surface area contributed by atoms with E-state index in [0.717, 1.165) is 23.3 Å². The van der Waals surface area contributed by atoms with Crippen molar-refractivity contribution in [2.75, 3.05) is 11.1 Å². The first-order valence-electron chi connectivity index (χ1n) is 10.1. The first-order chi connectivity index (χ1) is 15.0. The van der Waals surface area contributed by atoms with E-state index in [1.54, 1.807) is 23.6 Å². The van der Waals surface area contributed by atoms with Gasteiger partial charge in [-0.3, -0.25) is 14.2 Å². The molecule has 3 N–H and O–H groups in total. The summed E-state index contributed by atoms with van der Waals surface area (Å²) >= 11 is 2.66. The van der Waals surface area contributed by atoms with Crippen molar-refractivity contribution in [3.05, 3.63) is 44.6 Å². The summed E-state index contributed by atoms with van der Waals surface area (Å²) < 4.78 is 25.1. The number of aryl methyl sites for hydroxylation is 3. The molecule has 1 aromatic carbocycles. The van der Waals surface area contributed by atoms with E-state index in [1.165, 1.54) is 29.2 Å². The van der Waals surface area contributed by atoms with Crippen LogP contribution in [0.25, 0.3) is 10.2 Å². The third-order valence-corrected chi connectivity index (χ3v) is 8.23. The number of amides is 1. The van der Waals surface area contributed by atoms with E-state index in [9.17, 15) is 18.0 Å². The summed E-state index contributed by atoms with van der Waals surface area (Å²) in [5.74, 6) is -0.319. The second kappa shape index (κ2) is 9.74. The van der Waals surface area contributed by atoms with E-state index in [2.05, 4.69) is 17.2 Å². The summed E-state index contributed by atoms with van der Waals surface area (Å²) in [6, 6.07) is 4.54. The third-order valence-electron chi connectivity index (χ3n) is 5.10. The predicted octanol–water partition coefficient (Wildman–Crippen LogP) is 3.56. The van der Waals surface area contributed by atoms with Gasteiger partial charge in [0.05, 0.1) is 16.0 Å². The molecule has 0 unspecified atom stereocenters. The van der Waals surface area contributed by atoms with Gasteiger partial charge < -0.3 is 5.32 Å². The smallest absolute Gasteiger partial charge is 0.263 e. The highest BCUT2D eigenvalue weighted by Crippen LogP contribution is 2.28. The number of nitrogens with zero attached hydrogens (tertiary/aromatic N) is 2. The molecular weight excluding hydrogens is 468 g/mol. The van der Waals surface area contributed by atoms with Crippen molar-refractivity contribution in [2.45, 2.75) is 57.1 Å². The molecule has 32 heavy (non-hydrogen) atoms. The Morgan fingerprint density at radius 1 is 1.28 bits per heavy atom. The molecule has 11 heteroatoms. The number of thiophene rings is 1. The fourth-order valence-electron chi connectivity index (χ4n) is 3.24. The summed E-state index contributed by atoms with van der Waals surface area (Å²) in [5, 5.41) is 9.07. The summed E-state index contributed by atoms with van der Waals surface area (Å²) in [5.41, 5.74) is 1.71. The van der Waals surface area contributed by atoms with Gasteiger partial charge in [0, 0.05) is 17.1 Å². The summed E-state index contributed by atoms with van der Waals surface area (Å²) in [7, 11) is -3.89. The molecule has 8 nitrogen and oxygen atoms in total. The van der Waals surface area contributed by atoms with Crippen molar-refractivity contribution in [3.63, 3.8) is 0 Å². The van der Waals surface area contributed by atoms with Crippen LogP contribution in [0.5, 0.6) is 0 Å². The van der Waals surface area contributed by atoms with Crippen LogP contribution in [0.4, 0.5) is 5.69 Å². The summed E-state index contributed by atoms with van der Waals surface area (Å²) in [4.78, 5) is 32.0. The summed E-state index contributed by atoms with van der Waals surface area (Å²) in [6.07, 6.45) is 1.76. The van der Waals surface area contributed by atoms with Crippen LogP contribution in [0.1, 0.15) is 35.8 Å². The fourth-order valence-corrected chi connectivity index (χ4v) is 5.95. The number of aromatic nitrogens is 2. The number of primary sulfonamides is 1.